The Labute approximate surface area is 109 Å². The van der Waals surface area contributed by atoms with E-state index < -0.39 is 0 Å². The van der Waals surface area contributed by atoms with Crippen molar-refractivity contribution in [1.29, 1.82) is 0 Å². The molecule has 0 aliphatic rings. The van der Waals surface area contributed by atoms with Crippen LogP contribution in [0.3, 0.4) is 0 Å². The molecule has 0 atom stereocenters. The predicted molar refractivity (Wildman–Crippen MR) is 70.0 cm³/mol. The maximum Gasteiger partial charge on any atom is 0.263 e. The normalized spacial score (nSPS) is 10.1. The summed E-state index contributed by atoms with van der Waals surface area (Å²) in [5.74, 6) is -0.366. The van der Waals surface area contributed by atoms with Crippen molar-refractivity contribution in [2.24, 2.45) is 0 Å². The lowest BCUT2D eigenvalue weighted by molar-refractivity contribution is 0.0906. The molecule has 0 unspecified atom stereocenters. The average Bonchev–Trinajstić information content (AvgIpc) is 2.83. The van der Waals surface area contributed by atoms with E-state index in [1.807, 2.05) is 13.0 Å². The van der Waals surface area contributed by atoms with Crippen LogP contribution in [0.15, 0.2) is 36.5 Å². The molecule has 4 nitrogen and oxygen atoms in total. The van der Waals surface area contributed by atoms with Crippen molar-refractivity contribution in [2.45, 2.75) is 6.92 Å². The quantitative estimate of drug-likeness (QED) is 0.856. The number of hydrogen-bond donors (Lipinski definition) is 1. The van der Waals surface area contributed by atoms with Crippen LogP contribution in [0.4, 0.5) is 0 Å². The molecule has 0 saturated heterocycles. The molecule has 5 heteroatoms. The van der Waals surface area contributed by atoms with Gasteiger partial charge in [-0.05, 0) is 6.92 Å². The Balaban J connectivity index is 1.92. The van der Waals surface area contributed by atoms with Crippen molar-refractivity contribution in [2.75, 3.05) is 6.54 Å². The Kier molecular flexibility index (Phi) is 3.84. The van der Waals surface area contributed by atoms with Gasteiger partial charge in [-0.2, -0.15) is 0 Å². The fourth-order valence-electron chi connectivity index (χ4n) is 1.44. The van der Waals surface area contributed by atoms with Gasteiger partial charge in [0.15, 0.2) is 5.78 Å². The molecule has 0 radical (unpaired) electrons. The van der Waals surface area contributed by atoms with Crippen LogP contribution >= 0.6 is 11.3 Å². The minimum atomic E-state index is -0.259. The Bertz CT molecular complexity index is 563. The Morgan fingerprint density at radius 3 is 2.61 bits per heavy atom. The van der Waals surface area contributed by atoms with Crippen LogP contribution in [0.2, 0.25) is 0 Å². The zero-order valence-corrected chi connectivity index (χ0v) is 10.7. The summed E-state index contributed by atoms with van der Waals surface area (Å²) in [6.07, 6.45) is 1.52. The first-order chi connectivity index (χ1) is 8.66. The number of aryl methyl sites for hydroxylation is 1. The summed E-state index contributed by atoms with van der Waals surface area (Å²) in [4.78, 5) is 28.0. The molecule has 0 aliphatic heterocycles. The topological polar surface area (TPSA) is 59.1 Å². The molecule has 1 N–H and O–H groups in total. The zero-order chi connectivity index (χ0) is 13.0. The lowest BCUT2D eigenvalue weighted by Gasteiger charge is -2.02. The number of nitrogens with zero attached hydrogens (tertiary/aromatic N) is 1. The van der Waals surface area contributed by atoms with Gasteiger partial charge in [-0.1, -0.05) is 30.3 Å². The maximum atomic E-state index is 11.8. The molecule has 1 aromatic heterocycles. The summed E-state index contributed by atoms with van der Waals surface area (Å²) in [7, 11) is 0. The third-order valence-electron chi connectivity index (χ3n) is 2.35. The molecule has 1 amide bonds. The lowest BCUT2D eigenvalue weighted by atomic mass is 10.1. The predicted octanol–water partition coefficient (Wildman–Crippen LogP) is 2.06. The summed E-state index contributed by atoms with van der Waals surface area (Å²) in [6.45, 7) is 1.83. The van der Waals surface area contributed by atoms with E-state index in [9.17, 15) is 9.59 Å². The number of carbonyl (C=O) groups excluding carboxylic acids is 2. The smallest absolute Gasteiger partial charge is 0.263 e. The van der Waals surface area contributed by atoms with Crippen LogP contribution in [0, 0.1) is 6.92 Å². The summed E-state index contributed by atoms with van der Waals surface area (Å²) >= 11 is 1.31. The monoisotopic (exact) mass is 260 g/mol. The zero-order valence-electron chi connectivity index (χ0n) is 9.84. The van der Waals surface area contributed by atoms with Crippen LogP contribution in [-0.4, -0.2) is 23.2 Å². The second-order valence-corrected chi connectivity index (χ2v) is 4.95. The van der Waals surface area contributed by atoms with E-state index >= 15 is 0 Å². The number of amides is 1. The first kappa shape index (κ1) is 12.4. The molecule has 92 valence electrons. The van der Waals surface area contributed by atoms with Gasteiger partial charge < -0.3 is 5.32 Å². The number of carbonyl (C=O) groups is 2. The number of nitrogens with one attached hydrogen (secondary N) is 1. The van der Waals surface area contributed by atoms with Gasteiger partial charge in [0.2, 0.25) is 0 Å². The second-order valence-electron chi connectivity index (χ2n) is 3.72. The van der Waals surface area contributed by atoms with E-state index in [0.717, 1.165) is 5.01 Å². The Morgan fingerprint density at radius 2 is 2.00 bits per heavy atom. The van der Waals surface area contributed by atoms with E-state index in [-0.39, 0.29) is 18.2 Å². The highest BCUT2D eigenvalue weighted by atomic mass is 32.1. The molecule has 0 fully saturated rings. The van der Waals surface area contributed by atoms with Crippen LogP contribution in [0.5, 0.6) is 0 Å². The van der Waals surface area contributed by atoms with Crippen molar-refractivity contribution >= 4 is 23.0 Å². The largest absolute Gasteiger partial charge is 0.344 e. The van der Waals surface area contributed by atoms with Gasteiger partial charge in [0.1, 0.15) is 4.88 Å². The summed E-state index contributed by atoms with van der Waals surface area (Å²) in [6, 6.07) is 8.88. The molecule has 0 spiro atoms. The minimum Gasteiger partial charge on any atom is -0.344 e. The van der Waals surface area contributed by atoms with Crippen molar-refractivity contribution in [3.05, 3.63) is 52.0 Å². The molecule has 2 rings (SSSR count). The van der Waals surface area contributed by atoms with E-state index in [4.69, 9.17) is 0 Å². The molecular formula is C13H12N2O2S. The third-order valence-corrected chi connectivity index (χ3v) is 3.26. The van der Waals surface area contributed by atoms with Crippen molar-refractivity contribution < 1.29 is 9.59 Å². The molecule has 0 bridgehead atoms. The fourth-order valence-corrected chi connectivity index (χ4v) is 2.13. The SMILES string of the molecule is Cc1ncc(C(=O)NCC(=O)c2ccccc2)s1. The minimum absolute atomic E-state index is 0.000204. The Morgan fingerprint density at radius 1 is 1.28 bits per heavy atom. The Hall–Kier alpha value is -2.01. The average molecular weight is 260 g/mol. The van der Waals surface area contributed by atoms with E-state index in [0.29, 0.717) is 10.4 Å². The summed E-state index contributed by atoms with van der Waals surface area (Å²) < 4.78 is 0. The third kappa shape index (κ3) is 3.01. The molecule has 1 aromatic carbocycles. The van der Waals surface area contributed by atoms with E-state index in [1.165, 1.54) is 17.5 Å². The number of rotatable bonds is 4. The van der Waals surface area contributed by atoms with Gasteiger partial charge in [-0.25, -0.2) is 4.98 Å². The van der Waals surface area contributed by atoms with Gasteiger partial charge >= 0.3 is 0 Å². The van der Waals surface area contributed by atoms with Gasteiger partial charge in [0.05, 0.1) is 17.7 Å². The van der Waals surface area contributed by atoms with Crippen LogP contribution < -0.4 is 5.32 Å². The fraction of sp³-hybridized carbons (Fsp3) is 0.154. The number of ketones is 1. The van der Waals surface area contributed by atoms with Gasteiger partial charge in [0.25, 0.3) is 5.91 Å². The molecule has 1 heterocycles. The molecule has 18 heavy (non-hydrogen) atoms. The van der Waals surface area contributed by atoms with E-state index in [2.05, 4.69) is 10.3 Å². The first-order valence-electron chi connectivity index (χ1n) is 5.45. The number of Topliss-reactive ketones (excluding diaryl/α,β-unsaturated/α-hetero) is 1. The molecule has 0 aliphatic carbocycles. The number of hydrogen-bond acceptors (Lipinski definition) is 4. The van der Waals surface area contributed by atoms with Crippen LogP contribution in [0.25, 0.3) is 0 Å². The highest BCUT2D eigenvalue weighted by Crippen LogP contribution is 2.10. The van der Waals surface area contributed by atoms with Crippen molar-refractivity contribution in [3.8, 4) is 0 Å². The highest BCUT2D eigenvalue weighted by Gasteiger charge is 2.11. The van der Waals surface area contributed by atoms with Gasteiger partial charge in [-0.3, -0.25) is 9.59 Å². The van der Waals surface area contributed by atoms with Gasteiger partial charge in [0, 0.05) is 5.56 Å². The van der Waals surface area contributed by atoms with Crippen LogP contribution in [-0.2, 0) is 0 Å². The van der Waals surface area contributed by atoms with E-state index in [1.54, 1.807) is 24.3 Å². The van der Waals surface area contributed by atoms with Gasteiger partial charge in [-0.15, -0.1) is 11.3 Å². The molecule has 0 saturated carbocycles. The standard InChI is InChI=1S/C13H12N2O2S/c1-9-14-8-12(18-9)13(17)15-7-11(16)10-5-3-2-4-6-10/h2-6,8H,7H2,1H3,(H,15,17). The highest BCUT2D eigenvalue weighted by molar-refractivity contribution is 7.13. The maximum absolute atomic E-state index is 11.8. The molecule has 2 aromatic rings. The van der Waals surface area contributed by atoms with Crippen molar-refractivity contribution in [3.63, 3.8) is 0 Å². The number of aromatic nitrogens is 1. The van der Waals surface area contributed by atoms with Crippen LogP contribution in [0.1, 0.15) is 25.0 Å². The second kappa shape index (κ2) is 5.55. The lowest BCUT2D eigenvalue weighted by Crippen LogP contribution is -2.28. The summed E-state index contributed by atoms with van der Waals surface area (Å²) in [5.41, 5.74) is 0.596. The number of thiazole rings is 1. The number of benzene rings is 1. The van der Waals surface area contributed by atoms with Crippen molar-refractivity contribution in [1.82, 2.24) is 10.3 Å². The first-order valence-corrected chi connectivity index (χ1v) is 6.27. The summed E-state index contributed by atoms with van der Waals surface area (Å²) in [5, 5.41) is 3.42. The molecular weight excluding hydrogens is 248 g/mol.